The third-order valence-electron chi connectivity index (χ3n) is 2.46. The average molecular weight is 228 g/mol. The summed E-state index contributed by atoms with van der Waals surface area (Å²) in [4.78, 5) is 18.8. The molecule has 0 bridgehead atoms. The molecule has 88 valence electrons. The Balaban J connectivity index is 2.42. The number of nitrogens with zero attached hydrogens (tertiary/aromatic N) is 1. The molecule has 17 heavy (non-hydrogen) atoms. The molecule has 0 spiro atoms. The van der Waals surface area contributed by atoms with Crippen LogP contribution in [0.1, 0.15) is 19.5 Å². The predicted molar refractivity (Wildman–Crippen MR) is 68.8 cm³/mol. The molecule has 0 atom stereocenters. The van der Waals surface area contributed by atoms with Crippen molar-refractivity contribution in [3.05, 3.63) is 52.4 Å². The first-order valence-electron chi connectivity index (χ1n) is 5.81. The predicted octanol–water partition coefficient (Wildman–Crippen LogP) is 2.64. The van der Waals surface area contributed by atoms with E-state index < -0.39 is 0 Å². The number of nitrogens with one attached hydrogen (secondary N) is 1. The van der Waals surface area contributed by atoms with Crippen LogP contribution in [0.2, 0.25) is 0 Å². The Bertz CT molecular complexity index is 544. The van der Waals surface area contributed by atoms with Crippen molar-refractivity contribution in [2.24, 2.45) is 5.92 Å². The molecule has 0 saturated carbocycles. The van der Waals surface area contributed by atoms with Gasteiger partial charge < -0.3 is 4.98 Å². The van der Waals surface area contributed by atoms with Gasteiger partial charge in [0.15, 0.2) is 0 Å². The van der Waals surface area contributed by atoms with E-state index in [0.29, 0.717) is 11.7 Å². The summed E-state index contributed by atoms with van der Waals surface area (Å²) in [6.07, 6.45) is 0.823. The second-order valence-corrected chi connectivity index (χ2v) is 4.55. The Hall–Kier alpha value is -1.90. The molecule has 0 aliphatic rings. The third kappa shape index (κ3) is 3.03. The smallest absolute Gasteiger partial charge is 0.251 e. The van der Waals surface area contributed by atoms with Gasteiger partial charge in [-0.1, -0.05) is 44.2 Å². The Morgan fingerprint density at radius 3 is 2.59 bits per heavy atom. The highest BCUT2D eigenvalue weighted by Crippen LogP contribution is 2.13. The van der Waals surface area contributed by atoms with Crippen LogP contribution in [0.15, 0.2) is 41.2 Å². The lowest BCUT2D eigenvalue weighted by molar-refractivity contribution is 0.634. The number of rotatable bonds is 3. The number of benzene rings is 1. The van der Waals surface area contributed by atoms with Crippen LogP contribution in [-0.4, -0.2) is 9.97 Å². The normalized spacial score (nSPS) is 10.8. The zero-order valence-corrected chi connectivity index (χ0v) is 10.1. The molecule has 1 aromatic carbocycles. The summed E-state index contributed by atoms with van der Waals surface area (Å²) in [5.74, 6) is 1.14. The van der Waals surface area contributed by atoms with Gasteiger partial charge in [0.2, 0.25) is 0 Å². The van der Waals surface area contributed by atoms with Gasteiger partial charge in [-0.15, -0.1) is 0 Å². The largest absolute Gasteiger partial charge is 0.307 e. The number of aromatic amines is 1. The van der Waals surface area contributed by atoms with Gasteiger partial charge in [0.25, 0.3) is 5.56 Å². The van der Waals surface area contributed by atoms with Gasteiger partial charge in [0.05, 0.1) is 0 Å². The summed E-state index contributed by atoms with van der Waals surface area (Å²) < 4.78 is 0. The van der Waals surface area contributed by atoms with E-state index in [4.69, 9.17) is 0 Å². The first-order chi connectivity index (χ1) is 8.15. The van der Waals surface area contributed by atoms with Gasteiger partial charge in [-0.25, -0.2) is 4.98 Å². The summed E-state index contributed by atoms with van der Waals surface area (Å²) in [6.45, 7) is 4.23. The van der Waals surface area contributed by atoms with Crippen LogP contribution in [-0.2, 0) is 6.42 Å². The molecule has 1 N–H and O–H groups in total. The topological polar surface area (TPSA) is 45.8 Å². The van der Waals surface area contributed by atoms with E-state index in [0.717, 1.165) is 17.7 Å². The lowest BCUT2D eigenvalue weighted by Crippen LogP contribution is -2.11. The first-order valence-corrected chi connectivity index (χ1v) is 5.81. The Labute approximate surface area is 101 Å². The average Bonchev–Trinajstić information content (AvgIpc) is 2.28. The van der Waals surface area contributed by atoms with Crippen LogP contribution in [0.5, 0.6) is 0 Å². The molecule has 2 aromatic rings. The van der Waals surface area contributed by atoms with Crippen molar-refractivity contribution in [2.45, 2.75) is 20.3 Å². The van der Waals surface area contributed by atoms with Crippen molar-refractivity contribution in [1.29, 1.82) is 0 Å². The van der Waals surface area contributed by atoms with Gasteiger partial charge in [-0.05, 0) is 12.3 Å². The molecular weight excluding hydrogens is 212 g/mol. The van der Waals surface area contributed by atoms with Gasteiger partial charge >= 0.3 is 0 Å². The maximum atomic E-state index is 11.6. The van der Waals surface area contributed by atoms with Crippen molar-refractivity contribution in [3.8, 4) is 11.4 Å². The van der Waals surface area contributed by atoms with Crippen LogP contribution < -0.4 is 5.56 Å². The Morgan fingerprint density at radius 1 is 1.24 bits per heavy atom. The molecule has 0 aliphatic carbocycles. The molecular formula is C14H16N2O. The van der Waals surface area contributed by atoms with E-state index in [-0.39, 0.29) is 5.56 Å². The molecule has 1 aromatic heterocycles. The van der Waals surface area contributed by atoms with E-state index >= 15 is 0 Å². The van der Waals surface area contributed by atoms with Crippen molar-refractivity contribution >= 4 is 0 Å². The SMILES string of the molecule is CC(C)Cc1cc(=O)[nH]c(-c2ccccc2)n1. The molecule has 0 unspecified atom stereocenters. The molecule has 3 nitrogen and oxygen atoms in total. The second kappa shape index (κ2) is 4.95. The number of aromatic nitrogens is 2. The van der Waals surface area contributed by atoms with Crippen molar-refractivity contribution in [1.82, 2.24) is 9.97 Å². The van der Waals surface area contributed by atoms with Gasteiger partial charge in [-0.3, -0.25) is 4.79 Å². The molecule has 0 aliphatic heterocycles. The highest BCUT2D eigenvalue weighted by atomic mass is 16.1. The standard InChI is InChI=1S/C14H16N2O/c1-10(2)8-12-9-13(17)16-14(15-12)11-6-4-3-5-7-11/h3-7,9-10H,8H2,1-2H3,(H,15,16,17). The minimum Gasteiger partial charge on any atom is -0.307 e. The maximum absolute atomic E-state index is 11.6. The number of H-pyrrole nitrogens is 1. The molecule has 0 fully saturated rings. The minimum atomic E-state index is -0.0884. The third-order valence-corrected chi connectivity index (χ3v) is 2.46. The maximum Gasteiger partial charge on any atom is 0.251 e. The van der Waals surface area contributed by atoms with Crippen molar-refractivity contribution < 1.29 is 0 Å². The molecule has 1 heterocycles. The van der Waals surface area contributed by atoms with E-state index in [9.17, 15) is 4.79 Å². The fraction of sp³-hybridized carbons (Fsp3) is 0.286. The van der Waals surface area contributed by atoms with Crippen LogP contribution in [0, 0.1) is 5.92 Å². The van der Waals surface area contributed by atoms with Gasteiger partial charge in [-0.2, -0.15) is 0 Å². The van der Waals surface area contributed by atoms with Crippen molar-refractivity contribution in [3.63, 3.8) is 0 Å². The number of hydrogen-bond donors (Lipinski definition) is 1. The van der Waals surface area contributed by atoms with Crippen LogP contribution in [0.3, 0.4) is 0 Å². The van der Waals surface area contributed by atoms with Gasteiger partial charge in [0, 0.05) is 17.3 Å². The molecule has 3 heteroatoms. The Morgan fingerprint density at radius 2 is 1.94 bits per heavy atom. The molecule has 0 radical (unpaired) electrons. The quantitative estimate of drug-likeness (QED) is 0.877. The highest BCUT2D eigenvalue weighted by molar-refractivity contribution is 5.54. The summed E-state index contributed by atoms with van der Waals surface area (Å²) in [6, 6.07) is 11.3. The van der Waals surface area contributed by atoms with Crippen molar-refractivity contribution in [2.75, 3.05) is 0 Å². The minimum absolute atomic E-state index is 0.0884. The highest BCUT2D eigenvalue weighted by Gasteiger charge is 2.05. The molecule has 0 amide bonds. The van der Waals surface area contributed by atoms with E-state index in [1.54, 1.807) is 6.07 Å². The monoisotopic (exact) mass is 228 g/mol. The van der Waals surface area contributed by atoms with E-state index in [1.165, 1.54) is 0 Å². The second-order valence-electron chi connectivity index (χ2n) is 4.55. The van der Waals surface area contributed by atoms with E-state index in [2.05, 4.69) is 23.8 Å². The Kier molecular flexibility index (Phi) is 3.38. The van der Waals surface area contributed by atoms with Crippen LogP contribution in [0.25, 0.3) is 11.4 Å². The first kappa shape index (κ1) is 11.6. The zero-order valence-electron chi connectivity index (χ0n) is 10.1. The van der Waals surface area contributed by atoms with Crippen LogP contribution >= 0.6 is 0 Å². The summed E-state index contributed by atoms with van der Waals surface area (Å²) in [5.41, 5.74) is 1.70. The molecule has 2 rings (SSSR count). The summed E-state index contributed by atoms with van der Waals surface area (Å²) in [5, 5.41) is 0. The summed E-state index contributed by atoms with van der Waals surface area (Å²) >= 11 is 0. The zero-order chi connectivity index (χ0) is 12.3. The molecule has 0 saturated heterocycles. The number of hydrogen-bond acceptors (Lipinski definition) is 2. The summed E-state index contributed by atoms with van der Waals surface area (Å²) in [7, 11) is 0. The fourth-order valence-electron chi connectivity index (χ4n) is 1.76. The van der Waals surface area contributed by atoms with Crippen LogP contribution in [0.4, 0.5) is 0 Å². The lowest BCUT2D eigenvalue weighted by Gasteiger charge is -2.06. The van der Waals surface area contributed by atoms with Gasteiger partial charge in [0.1, 0.15) is 5.82 Å². The lowest BCUT2D eigenvalue weighted by atomic mass is 10.1. The fourth-order valence-corrected chi connectivity index (χ4v) is 1.76. The van der Waals surface area contributed by atoms with E-state index in [1.807, 2.05) is 30.3 Å².